The van der Waals surface area contributed by atoms with Crippen LogP contribution in [0.2, 0.25) is 0 Å². The Morgan fingerprint density at radius 3 is 2.69 bits per heavy atom. The van der Waals surface area contributed by atoms with Crippen LogP contribution >= 0.6 is 12.4 Å². The largest absolute Gasteiger partial charge is 0.416 e. The fourth-order valence-electron chi connectivity index (χ4n) is 3.83. The molecule has 1 aromatic carbocycles. The minimum Gasteiger partial charge on any atom is -0.349 e. The Labute approximate surface area is 173 Å². The van der Waals surface area contributed by atoms with Gasteiger partial charge in [0, 0.05) is 18.0 Å². The lowest BCUT2D eigenvalue weighted by Crippen LogP contribution is -2.46. The number of carbonyl (C=O) groups excluding carboxylic acids is 1. The average molecular weight is 429 g/mol. The van der Waals surface area contributed by atoms with Crippen LogP contribution in [0, 0.1) is 0 Å². The van der Waals surface area contributed by atoms with Crippen LogP contribution in [-0.4, -0.2) is 34.3 Å². The Morgan fingerprint density at radius 1 is 1.28 bits per heavy atom. The van der Waals surface area contributed by atoms with Crippen molar-refractivity contribution >= 4 is 18.3 Å². The number of piperidine rings is 1. The molecule has 4 rings (SSSR count). The van der Waals surface area contributed by atoms with E-state index in [9.17, 15) is 18.0 Å². The van der Waals surface area contributed by atoms with Crippen molar-refractivity contribution in [3.05, 3.63) is 47.3 Å². The second-order valence-corrected chi connectivity index (χ2v) is 7.73. The van der Waals surface area contributed by atoms with Crippen LogP contribution in [0.5, 0.6) is 0 Å². The summed E-state index contributed by atoms with van der Waals surface area (Å²) in [6.07, 6.45) is 0.593. The Morgan fingerprint density at radius 2 is 2.03 bits per heavy atom. The summed E-state index contributed by atoms with van der Waals surface area (Å²) in [7, 11) is 0. The molecule has 1 aliphatic heterocycles. The van der Waals surface area contributed by atoms with Crippen LogP contribution in [0.4, 0.5) is 13.2 Å². The highest BCUT2D eigenvalue weighted by Gasteiger charge is 2.35. The van der Waals surface area contributed by atoms with Gasteiger partial charge in [-0.15, -0.1) is 12.4 Å². The third-order valence-corrected chi connectivity index (χ3v) is 5.39. The van der Waals surface area contributed by atoms with Crippen LogP contribution in [0.1, 0.15) is 60.1 Å². The van der Waals surface area contributed by atoms with Gasteiger partial charge in [0.05, 0.1) is 28.7 Å². The fourth-order valence-corrected chi connectivity index (χ4v) is 3.83. The molecule has 1 aromatic heterocycles. The van der Waals surface area contributed by atoms with Gasteiger partial charge in [0.1, 0.15) is 0 Å². The van der Waals surface area contributed by atoms with E-state index in [0.29, 0.717) is 23.0 Å². The van der Waals surface area contributed by atoms with E-state index < -0.39 is 11.7 Å². The predicted molar refractivity (Wildman–Crippen MR) is 106 cm³/mol. The Balaban J connectivity index is 0.00000240. The van der Waals surface area contributed by atoms with Gasteiger partial charge in [-0.3, -0.25) is 4.79 Å². The Kier molecular flexibility index (Phi) is 6.24. The third-order valence-electron chi connectivity index (χ3n) is 5.39. The molecule has 5 nitrogen and oxygen atoms in total. The quantitative estimate of drug-likeness (QED) is 0.772. The van der Waals surface area contributed by atoms with E-state index in [1.807, 2.05) is 0 Å². The van der Waals surface area contributed by atoms with E-state index in [-0.39, 0.29) is 30.3 Å². The molecule has 1 saturated heterocycles. The summed E-state index contributed by atoms with van der Waals surface area (Å²) in [5.41, 5.74) is 0.771. The Hall–Kier alpha value is -2.06. The molecule has 1 saturated carbocycles. The molecule has 1 amide bonds. The molecule has 2 aliphatic rings. The zero-order valence-electron chi connectivity index (χ0n) is 16.0. The van der Waals surface area contributed by atoms with Gasteiger partial charge in [-0.2, -0.15) is 18.3 Å². The number of nitrogens with one attached hydrogen (secondary N) is 2. The average Bonchev–Trinajstić information content (AvgIpc) is 3.39. The lowest BCUT2D eigenvalue weighted by atomic mass is 10.00. The monoisotopic (exact) mass is 428 g/mol. The van der Waals surface area contributed by atoms with Crippen LogP contribution in [-0.2, 0) is 6.18 Å². The van der Waals surface area contributed by atoms with Gasteiger partial charge in [0.25, 0.3) is 5.91 Å². The number of hydrogen-bond acceptors (Lipinski definition) is 3. The molecule has 0 radical (unpaired) electrons. The number of benzene rings is 1. The Bertz CT molecular complexity index is 879. The minimum atomic E-state index is -4.42. The number of rotatable bonds is 4. The second kappa shape index (κ2) is 8.36. The third kappa shape index (κ3) is 4.75. The summed E-state index contributed by atoms with van der Waals surface area (Å²) in [5.74, 6) is -0.0380. The van der Waals surface area contributed by atoms with E-state index >= 15 is 0 Å². The maximum absolute atomic E-state index is 13.1. The van der Waals surface area contributed by atoms with Gasteiger partial charge in [-0.25, -0.2) is 4.68 Å². The molecule has 9 heteroatoms. The molecule has 29 heavy (non-hydrogen) atoms. The summed E-state index contributed by atoms with van der Waals surface area (Å²) in [6.45, 7) is 2.94. The summed E-state index contributed by atoms with van der Waals surface area (Å²) in [5, 5.41) is 10.7. The fraction of sp³-hybridized carbons (Fsp3) is 0.500. The van der Waals surface area contributed by atoms with Crippen LogP contribution in [0.15, 0.2) is 30.5 Å². The lowest BCUT2D eigenvalue weighted by molar-refractivity contribution is -0.137. The molecular formula is C20H24ClF3N4O. The molecule has 1 aliphatic carbocycles. The number of amides is 1. The molecule has 2 aromatic rings. The number of aromatic nitrogens is 2. The molecule has 0 bridgehead atoms. The van der Waals surface area contributed by atoms with Gasteiger partial charge in [-0.05, 0) is 57.4 Å². The van der Waals surface area contributed by atoms with Crippen molar-refractivity contribution in [3.8, 4) is 5.69 Å². The van der Waals surface area contributed by atoms with E-state index in [1.165, 1.54) is 16.9 Å². The first kappa shape index (κ1) is 21.6. The van der Waals surface area contributed by atoms with E-state index in [1.54, 1.807) is 6.07 Å². The van der Waals surface area contributed by atoms with Crippen molar-refractivity contribution in [3.63, 3.8) is 0 Å². The standard InChI is InChI=1S/C20H23F3N4O.ClH/c1-12-9-15(7-8-24-12)26-19(28)17-11-25-27(18(17)13-5-6-13)16-4-2-3-14(10-16)20(21,22)23;/h2-4,10-13,15,24H,5-9H2,1H3,(H,26,28);1H. The zero-order chi connectivity index (χ0) is 19.9. The van der Waals surface area contributed by atoms with Crippen molar-refractivity contribution in [1.82, 2.24) is 20.4 Å². The first-order valence-corrected chi connectivity index (χ1v) is 9.62. The molecule has 2 atom stereocenters. The number of hydrogen-bond donors (Lipinski definition) is 2. The normalized spacial score (nSPS) is 22.1. The smallest absolute Gasteiger partial charge is 0.349 e. The van der Waals surface area contributed by atoms with Crippen molar-refractivity contribution in [2.75, 3.05) is 6.54 Å². The SMILES string of the molecule is CC1CC(NC(=O)c2cnn(-c3cccc(C(F)(F)F)c3)c2C2CC2)CCN1.Cl. The number of carbonyl (C=O) groups is 1. The predicted octanol–water partition coefficient (Wildman–Crippen LogP) is 4.06. The minimum absolute atomic E-state index is 0. The highest BCUT2D eigenvalue weighted by atomic mass is 35.5. The zero-order valence-corrected chi connectivity index (χ0v) is 16.8. The maximum atomic E-state index is 13.1. The summed E-state index contributed by atoms with van der Waals surface area (Å²) in [4.78, 5) is 12.9. The van der Waals surface area contributed by atoms with E-state index in [2.05, 4.69) is 22.7 Å². The maximum Gasteiger partial charge on any atom is 0.416 e. The molecule has 0 spiro atoms. The number of halogens is 4. The van der Waals surface area contributed by atoms with Crippen LogP contribution in [0.25, 0.3) is 5.69 Å². The highest BCUT2D eigenvalue weighted by Crippen LogP contribution is 2.43. The molecule has 2 N–H and O–H groups in total. The van der Waals surface area contributed by atoms with Gasteiger partial charge in [-0.1, -0.05) is 6.07 Å². The van der Waals surface area contributed by atoms with Gasteiger partial charge in [0.2, 0.25) is 0 Å². The van der Waals surface area contributed by atoms with Crippen molar-refractivity contribution in [2.45, 2.75) is 56.8 Å². The topological polar surface area (TPSA) is 59.0 Å². The molecule has 2 heterocycles. The second-order valence-electron chi connectivity index (χ2n) is 7.73. The lowest BCUT2D eigenvalue weighted by Gasteiger charge is -2.28. The highest BCUT2D eigenvalue weighted by molar-refractivity contribution is 5.95. The van der Waals surface area contributed by atoms with Gasteiger partial charge >= 0.3 is 6.18 Å². The first-order valence-electron chi connectivity index (χ1n) is 9.62. The van der Waals surface area contributed by atoms with Crippen molar-refractivity contribution in [2.24, 2.45) is 0 Å². The molecule has 158 valence electrons. The molecule has 2 unspecified atom stereocenters. The van der Waals surface area contributed by atoms with Crippen LogP contribution in [0.3, 0.4) is 0 Å². The van der Waals surface area contributed by atoms with Crippen LogP contribution < -0.4 is 10.6 Å². The van der Waals surface area contributed by atoms with E-state index in [4.69, 9.17) is 0 Å². The van der Waals surface area contributed by atoms with Crippen molar-refractivity contribution < 1.29 is 18.0 Å². The number of nitrogens with zero attached hydrogens (tertiary/aromatic N) is 2. The summed E-state index contributed by atoms with van der Waals surface area (Å²) < 4.78 is 40.7. The van der Waals surface area contributed by atoms with Gasteiger partial charge < -0.3 is 10.6 Å². The van der Waals surface area contributed by atoms with Gasteiger partial charge in [0.15, 0.2) is 0 Å². The van der Waals surface area contributed by atoms with Crippen molar-refractivity contribution in [1.29, 1.82) is 0 Å². The first-order chi connectivity index (χ1) is 13.3. The number of alkyl halides is 3. The van der Waals surface area contributed by atoms with E-state index in [0.717, 1.165) is 44.4 Å². The summed E-state index contributed by atoms with van der Waals surface area (Å²) >= 11 is 0. The summed E-state index contributed by atoms with van der Waals surface area (Å²) in [6, 6.07) is 5.50. The molecular weight excluding hydrogens is 405 g/mol. The molecule has 2 fully saturated rings.